The first-order chi connectivity index (χ1) is 10.0. The monoisotopic (exact) mass is 317 g/mol. The summed E-state index contributed by atoms with van der Waals surface area (Å²) >= 11 is 0. The summed E-state index contributed by atoms with van der Waals surface area (Å²) in [6.07, 6.45) is 8.17. The highest BCUT2D eigenvalue weighted by Gasteiger charge is 2.38. The second-order valence-electron chi connectivity index (χ2n) is 6.54. The minimum absolute atomic E-state index is 0.122. The van der Waals surface area contributed by atoms with E-state index in [1.165, 1.54) is 38.5 Å². The number of hydrogen-bond donors (Lipinski definition) is 1. The zero-order valence-corrected chi connectivity index (χ0v) is 14.2. The largest absolute Gasteiger partial charge is 0.329 e. The Morgan fingerprint density at radius 3 is 2.05 bits per heavy atom. The number of rotatable bonds is 5. The van der Waals surface area contributed by atoms with E-state index < -0.39 is 10.0 Å². The van der Waals surface area contributed by atoms with E-state index in [4.69, 9.17) is 5.73 Å². The SMILES string of the molecule is CCCS(=O)(=O)N1CCN(C2(CN)CCCCCC2)CC1. The van der Waals surface area contributed by atoms with Crippen LogP contribution >= 0.6 is 0 Å². The van der Waals surface area contributed by atoms with Crippen molar-refractivity contribution in [1.82, 2.24) is 9.21 Å². The highest BCUT2D eigenvalue weighted by molar-refractivity contribution is 7.89. The van der Waals surface area contributed by atoms with Gasteiger partial charge in [0, 0.05) is 38.3 Å². The van der Waals surface area contributed by atoms with Crippen molar-refractivity contribution in [3.8, 4) is 0 Å². The van der Waals surface area contributed by atoms with Gasteiger partial charge in [0.15, 0.2) is 0 Å². The molecule has 1 aliphatic heterocycles. The summed E-state index contributed by atoms with van der Waals surface area (Å²) in [4.78, 5) is 2.48. The maximum Gasteiger partial charge on any atom is 0.214 e. The molecule has 0 unspecified atom stereocenters. The zero-order valence-electron chi connectivity index (χ0n) is 13.4. The average Bonchev–Trinajstić information content (AvgIpc) is 2.74. The van der Waals surface area contributed by atoms with Gasteiger partial charge in [0.05, 0.1) is 5.75 Å². The second-order valence-corrected chi connectivity index (χ2v) is 8.63. The van der Waals surface area contributed by atoms with Gasteiger partial charge in [-0.1, -0.05) is 32.6 Å². The molecule has 0 aromatic rings. The molecule has 0 radical (unpaired) electrons. The molecule has 124 valence electrons. The summed E-state index contributed by atoms with van der Waals surface area (Å²) in [7, 11) is -3.05. The van der Waals surface area contributed by atoms with Gasteiger partial charge < -0.3 is 5.73 Å². The molecule has 5 nitrogen and oxygen atoms in total. The van der Waals surface area contributed by atoms with Crippen molar-refractivity contribution in [2.75, 3.05) is 38.5 Å². The van der Waals surface area contributed by atoms with Gasteiger partial charge in [-0.2, -0.15) is 4.31 Å². The third-order valence-corrected chi connectivity index (χ3v) is 7.26. The van der Waals surface area contributed by atoms with Crippen molar-refractivity contribution in [3.05, 3.63) is 0 Å². The molecule has 2 fully saturated rings. The van der Waals surface area contributed by atoms with Crippen LogP contribution in [0.25, 0.3) is 0 Å². The van der Waals surface area contributed by atoms with E-state index in [1.807, 2.05) is 6.92 Å². The van der Waals surface area contributed by atoms with Gasteiger partial charge >= 0.3 is 0 Å². The molecule has 2 rings (SSSR count). The van der Waals surface area contributed by atoms with Crippen LogP contribution in [-0.2, 0) is 10.0 Å². The van der Waals surface area contributed by atoms with E-state index in [0.29, 0.717) is 26.1 Å². The zero-order chi connectivity index (χ0) is 15.3. The Hall–Kier alpha value is -0.170. The predicted molar refractivity (Wildman–Crippen MR) is 86.7 cm³/mol. The first kappa shape index (κ1) is 17.2. The van der Waals surface area contributed by atoms with Crippen molar-refractivity contribution in [1.29, 1.82) is 0 Å². The van der Waals surface area contributed by atoms with Crippen LogP contribution in [0.5, 0.6) is 0 Å². The van der Waals surface area contributed by atoms with Gasteiger partial charge in [0.25, 0.3) is 0 Å². The van der Waals surface area contributed by atoms with Crippen molar-refractivity contribution >= 4 is 10.0 Å². The highest BCUT2D eigenvalue weighted by atomic mass is 32.2. The molecule has 2 N–H and O–H groups in total. The Bertz CT molecular complexity index is 409. The maximum atomic E-state index is 12.2. The van der Waals surface area contributed by atoms with Gasteiger partial charge in [-0.15, -0.1) is 0 Å². The van der Waals surface area contributed by atoms with E-state index in [1.54, 1.807) is 4.31 Å². The van der Waals surface area contributed by atoms with Gasteiger partial charge in [0.2, 0.25) is 10.0 Å². The molecule has 1 aliphatic carbocycles. The minimum Gasteiger partial charge on any atom is -0.329 e. The quantitative estimate of drug-likeness (QED) is 0.778. The average molecular weight is 317 g/mol. The first-order valence-corrected chi connectivity index (χ1v) is 10.1. The molecule has 0 atom stereocenters. The summed E-state index contributed by atoms with van der Waals surface area (Å²) in [6, 6.07) is 0. The van der Waals surface area contributed by atoms with Crippen LogP contribution in [0, 0.1) is 0 Å². The third-order valence-electron chi connectivity index (χ3n) is 5.18. The Kier molecular flexibility index (Phi) is 6.05. The van der Waals surface area contributed by atoms with Gasteiger partial charge in [-0.3, -0.25) is 4.90 Å². The van der Waals surface area contributed by atoms with Crippen LogP contribution in [0.4, 0.5) is 0 Å². The summed E-state index contributed by atoms with van der Waals surface area (Å²) in [5.74, 6) is 0.273. The summed E-state index contributed by atoms with van der Waals surface area (Å²) in [5, 5.41) is 0. The van der Waals surface area contributed by atoms with Crippen molar-refractivity contribution < 1.29 is 8.42 Å². The molecule has 0 bridgehead atoms. The Labute approximate surface area is 129 Å². The fourth-order valence-electron chi connectivity index (χ4n) is 3.86. The summed E-state index contributed by atoms with van der Waals surface area (Å²) in [5.41, 5.74) is 6.26. The summed E-state index contributed by atoms with van der Waals surface area (Å²) < 4.78 is 26.0. The number of nitrogens with two attached hydrogens (primary N) is 1. The maximum absolute atomic E-state index is 12.2. The van der Waals surface area contributed by atoms with Crippen molar-refractivity contribution in [2.24, 2.45) is 5.73 Å². The van der Waals surface area contributed by atoms with Crippen molar-refractivity contribution in [3.63, 3.8) is 0 Å². The molecule has 6 heteroatoms. The molecular formula is C15H31N3O2S. The van der Waals surface area contributed by atoms with Gasteiger partial charge in [-0.05, 0) is 19.3 Å². The molecule has 21 heavy (non-hydrogen) atoms. The van der Waals surface area contributed by atoms with E-state index >= 15 is 0 Å². The molecule has 1 saturated carbocycles. The molecule has 1 heterocycles. The second kappa shape index (κ2) is 7.40. The Balaban J connectivity index is 1.99. The lowest BCUT2D eigenvalue weighted by atomic mass is 9.87. The number of nitrogens with zero attached hydrogens (tertiary/aromatic N) is 2. The standard InChI is InChI=1S/C15H31N3O2S/c1-2-13-21(19,20)18-11-9-17(10-12-18)15(14-16)7-5-3-4-6-8-15/h2-14,16H2,1H3. The fourth-order valence-corrected chi connectivity index (χ4v) is 5.36. The van der Waals surface area contributed by atoms with E-state index in [0.717, 1.165) is 13.1 Å². The van der Waals surface area contributed by atoms with E-state index in [9.17, 15) is 8.42 Å². The molecule has 0 spiro atoms. The predicted octanol–water partition coefficient (Wildman–Crippen LogP) is 1.40. The topological polar surface area (TPSA) is 66.6 Å². The smallest absolute Gasteiger partial charge is 0.214 e. The number of hydrogen-bond acceptors (Lipinski definition) is 4. The molecule has 1 saturated heterocycles. The Morgan fingerprint density at radius 1 is 1.00 bits per heavy atom. The van der Waals surface area contributed by atoms with Crippen LogP contribution in [-0.4, -0.2) is 61.6 Å². The lowest BCUT2D eigenvalue weighted by molar-refractivity contribution is 0.0468. The fraction of sp³-hybridized carbons (Fsp3) is 1.00. The molecular weight excluding hydrogens is 286 g/mol. The normalized spacial score (nSPS) is 25.6. The van der Waals surface area contributed by atoms with Gasteiger partial charge in [-0.25, -0.2) is 8.42 Å². The number of sulfonamides is 1. The Morgan fingerprint density at radius 2 is 1.57 bits per heavy atom. The molecule has 2 aliphatic rings. The summed E-state index contributed by atoms with van der Waals surface area (Å²) in [6.45, 7) is 5.55. The number of piperazine rings is 1. The molecule has 0 amide bonds. The molecule has 0 aromatic carbocycles. The molecule has 0 aromatic heterocycles. The van der Waals surface area contributed by atoms with Crippen LogP contribution in [0.2, 0.25) is 0 Å². The van der Waals surface area contributed by atoms with E-state index in [2.05, 4.69) is 4.90 Å². The minimum atomic E-state index is -3.05. The highest BCUT2D eigenvalue weighted by Crippen LogP contribution is 2.32. The third kappa shape index (κ3) is 3.97. The lowest BCUT2D eigenvalue weighted by Gasteiger charge is -2.47. The van der Waals surface area contributed by atoms with Crippen LogP contribution in [0.1, 0.15) is 51.9 Å². The van der Waals surface area contributed by atoms with Crippen molar-refractivity contribution in [2.45, 2.75) is 57.4 Å². The first-order valence-electron chi connectivity index (χ1n) is 8.47. The van der Waals surface area contributed by atoms with Crippen LogP contribution in [0.3, 0.4) is 0 Å². The van der Waals surface area contributed by atoms with Crippen LogP contribution < -0.4 is 5.73 Å². The lowest BCUT2D eigenvalue weighted by Crippen LogP contribution is -2.60. The van der Waals surface area contributed by atoms with Crippen LogP contribution in [0.15, 0.2) is 0 Å². The van der Waals surface area contributed by atoms with Gasteiger partial charge in [0.1, 0.15) is 0 Å². The van der Waals surface area contributed by atoms with E-state index in [-0.39, 0.29) is 11.3 Å².